The fourth-order valence-electron chi connectivity index (χ4n) is 1.34. The monoisotopic (exact) mass is 201 g/mol. The van der Waals surface area contributed by atoms with Crippen molar-refractivity contribution in [3.63, 3.8) is 0 Å². The number of nitrogens with zero attached hydrogens (tertiary/aromatic N) is 2. The van der Waals surface area contributed by atoms with E-state index in [-0.39, 0.29) is 0 Å². The van der Waals surface area contributed by atoms with Crippen LogP contribution in [0, 0.1) is 5.92 Å². The van der Waals surface area contributed by atoms with Gasteiger partial charge in [0.1, 0.15) is 0 Å². The average Bonchev–Trinajstić information content (AvgIpc) is 2.46. The van der Waals surface area contributed by atoms with Crippen LogP contribution < -0.4 is 5.32 Å². The van der Waals surface area contributed by atoms with Gasteiger partial charge in [0.15, 0.2) is 0 Å². The topological polar surface area (TPSA) is 29.9 Å². The maximum Gasteiger partial charge on any atom is 0.0785 e. The molecule has 1 heterocycles. The predicted molar refractivity (Wildman–Crippen MR) is 55.0 cm³/mol. The molecule has 3 nitrogen and oxygen atoms in total. The van der Waals surface area contributed by atoms with Crippen LogP contribution in [0.1, 0.15) is 19.9 Å². The quantitative estimate of drug-likeness (QED) is 0.807. The van der Waals surface area contributed by atoms with Crippen LogP contribution >= 0.6 is 11.6 Å². The Balaban J connectivity index is 2.75. The summed E-state index contributed by atoms with van der Waals surface area (Å²) in [6.45, 7) is 5.27. The Labute approximate surface area is 84.1 Å². The first-order valence-corrected chi connectivity index (χ1v) is 4.87. The Morgan fingerprint density at radius 1 is 1.62 bits per heavy atom. The van der Waals surface area contributed by atoms with Crippen molar-refractivity contribution in [1.82, 2.24) is 15.1 Å². The minimum atomic E-state index is 0.373. The van der Waals surface area contributed by atoms with Gasteiger partial charge in [0.25, 0.3) is 0 Å². The summed E-state index contributed by atoms with van der Waals surface area (Å²) in [5, 5.41) is 8.05. The smallest absolute Gasteiger partial charge is 0.0785 e. The van der Waals surface area contributed by atoms with Crippen molar-refractivity contribution in [2.45, 2.75) is 19.9 Å². The number of nitrogens with one attached hydrogen (secondary N) is 1. The summed E-state index contributed by atoms with van der Waals surface area (Å²) in [4.78, 5) is 0. The van der Waals surface area contributed by atoms with Crippen molar-refractivity contribution >= 4 is 11.6 Å². The zero-order valence-electron chi connectivity index (χ0n) is 8.29. The van der Waals surface area contributed by atoms with Crippen LogP contribution in [0.15, 0.2) is 12.4 Å². The van der Waals surface area contributed by atoms with E-state index in [2.05, 4.69) is 24.3 Å². The van der Waals surface area contributed by atoms with Crippen molar-refractivity contribution in [2.75, 3.05) is 13.6 Å². The predicted octanol–water partition coefficient (Wildman–Crippen LogP) is 1.95. The zero-order valence-corrected chi connectivity index (χ0v) is 9.04. The van der Waals surface area contributed by atoms with E-state index in [1.165, 1.54) is 0 Å². The molecule has 0 spiro atoms. The van der Waals surface area contributed by atoms with Crippen molar-refractivity contribution in [3.05, 3.63) is 17.4 Å². The molecule has 0 fully saturated rings. The lowest BCUT2D eigenvalue weighted by atomic mass is 10.1. The first-order chi connectivity index (χ1) is 6.15. The molecule has 0 aliphatic heterocycles. The lowest BCUT2D eigenvalue weighted by molar-refractivity contribution is 0.338. The molecule has 1 rings (SSSR count). The molecule has 4 heteroatoms. The van der Waals surface area contributed by atoms with Crippen molar-refractivity contribution in [1.29, 1.82) is 0 Å². The van der Waals surface area contributed by atoms with E-state index in [0.29, 0.717) is 17.0 Å². The molecule has 0 saturated carbocycles. The number of likely N-dealkylation sites (N-methyl/N-ethyl adjacent to an activating group) is 1. The summed E-state index contributed by atoms with van der Waals surface area (Å²) in [5.74, 6) is 0.545. The molecule has 0 amide bonds. The molecule has 1 aromatic heterocycles. The second-order valence-electron chi connectivity index (χ2n) is 3.51. The summed E-state index contributed by atoms with van der Waals surface area (Å²) in [7, 11) is 1.94. The highest BCUT2D eigenvalue weighted by Gasteiger charge is 2.14. The number of rotatable bonds is 4. The van der Waals surface area contributed by atoms with E-state index in [4.69, 9.17) is 11.6 Å². The Kier molecular flexibility index (Phi) is 3.75. The Morgan fingerprint density at radius 2 is 2.31 bits per heavy atom. The molecule has 0 aliphatic rings. The zero-order chi connectivity index (χ0) is 9.84. The molecule has 0 radical (unpaired) electrons. The van der Waals surface area contributed by atoms with Crippen molar-refractivity contribution in [3.8, 4) is 0 Å². The summed E-state index contributed by atoms with van der Waals surface area (Å²) < 4.78 is 1.92. The van der Waals surface area contributed by atoms with Gasteiger partial charge in [-0.25, -0.2) is 0 Å². The standard InChI is InChI=1S/C9H16ClN3/c1-7(2)9(5-11-3)13-6-8(10)4-12-13/h4,6-7,9,11H,5H2,1-3H3. The van der Waals surface area contributed by atoms with Crippen LogP contribution in [0.4, 0.5) is 0 Å². The van der Waals surface area contributed by atoms with E-state index >= 15 is 0 Å². The SMILES string of the molecule is CNCC(C(C)C)n1cc(Cl)cn1. The van der Waals surface area contributed by atoms with E-state index in [1.54, 1.807) is 6.20 Å². The van der Waals surface area contributed by atoms with Gasteiger partial charge >= 0.3 is 0 Å². The minimum absolute atomic E-state index is 0.373. The molecular formula is C9H16ClN3. The van der Waals surface area contributed by atoms with Gasteiger partial charge in [-0.05, 0) is 13.0 Å². The summed E-state index contributed by atoms with van der Waals surface area (Å²) >= 11 is 5.81. The van der Waals surface area contributed by atoms with Gasteiger partial charge in [0.05, 0.1) is 17.3 Å². The van der Waals surface area contributed by atoms with Gasteiger partial charge in [-0.3, -0.25) is 4.68 Å². The third-order valence-electron chi connectivity index (χ3n) is 2.09. The van der Waals surface area contributed by atoms with Gasteiger partial charge in [-0.2, -0.15) is 5.10 Å². The summed E-state index contributed by atoms with van der Waals surface area (Å²) in [5.41, 5.74) is 0. The third kappa shape index (κ3) is 2.71. The maximum absolute atomic E-state index is 5.81. The fourth-order valence-corrected chi connectivity index (χ4v) is 1.48. The molecule has 1 N–H and O–H groups in total. The molecule has 1 atom stereocenters. The fraction of sp³-hybridized carbons (Fsp3) is 0.667. The summed E-state index contributed by atoms with van der Waals surface area (Å²) in [6, 6.07) is 0.373. The highest BCUT2D eigenvalue weighted by Crippen LogP contribution is 2.17. The van der Waals surface area contributed by atoms with E-state index in [9.17, 15) is 0 Å². The Hall–Kier alpha value is -0.540. The number of hydrogen-bond acceptors (Lipinski definition) is 2. The molecule has 1 unspecified atom stereocenters. The van der Waals surface area contributed by atoms with E-state index in [1.807, 2.05) is 17.9 Å². The van der Waals surface area contributed by atoms with Crippen LogP contribution in [0.2, 0.25) is 5.02 Å². The normalized spacial score (nSPS) is 13.6. The maximum atomic E-state index is 5.81. The van der Waals surface area contributed by atoms with Crippen molar-refractivity contribution in [2.24, 2.45) is 5.92 Å². The minimum Gasteiger partial charge on any atom is -0.318 e. The first kappa shape index (κ1) is 10.5. The van der Waals surface area contributed by atoms with Crippen LogP contribution in [-0.4, -0.2) is 23.4 Å². The van der Waals surface area contributed by atoms with Crippen LogP contribution in [0.25, 0.3) is 0 Å². The van der Waals surface area contributed by atoms with Gasteiger partial charge in [0, 0.05) is 12.7 Å². The van der Waals surface area contributed by atoms with Crippen LogP contribution in [0.5, 0.6) is 0 Å². The van der Waals surface area contributed by atoms with Gasteiger partial charge in [-0.1, -0.05) is 25.4 Å². The highest BCUT2D eigenvalue weighted by atomic mass is 35.5. The Bertz CT molecular complexity index is 257. The van der Waals surface area contributed by atoms with Crippen LogP contribution in [-0.2, 0) is 0 Å². The molecule has 13 heavy (non-hydrogen) atoms. The lowest BCUT2D eigenvalue weighted by Gasteiger charge is -2.20. The second-order valence-corrected chi connectivity index (χ2v) is 3.94. The van der Waals surface area contributed by atoms with E-state index in [0.717, 1.165) is 6.54 Å². The van der Waals surface area contributed by atoms with Gasteiger partial charge < -0.3 is 5.32 Å². The highest BCUT2D eigenvalue weighted by molar-refractivity contribution is 6.30. The molecule has 0 aliphatic carbocycles. The van der Waals surface area contributed by atoms with Crippen molar-refractivity contribution < 1.29 is 0 Å². The largest absolute Gasteiger partial charge is 0.318 e. The molecule has 0 aromatic carbocycles. The van der Waals surface area contributed by atoms with Gasteiger partial charge in [0.2, 0.25) is 0 Å². The summed E-state index contributed by atoms with van der Waals surface area (Å²) in [6.07, 6.45) is 3.54. The number of aromatic nitrogens is 2. The Morgan fingerprint density at radius 3 is 2.69 bits per heavy atom. The number of hydrogen-bond donors (Lipinski definition) is 1. The van der Waals surface area contributed by atoms with Crippen LogP contribution in [0.3, 0.4) is 0 Å². The average molecular weight is 202 g/mol. The third-order valence-corrected chi connectivity index (χ3v) is 2.29. The second kappa shape index (κ2) is 4.63. The lowest BCUT2D eigenvalue weighted by Crippen LogP contribution is -2.26. The molecular weight excluding hydrogens is 186 g/mol. The molecule has 1 aromatic rings. The van der Waals surface area contributed by atoms with Gasteiger partial charge in [-0.15, -0.1) is 0 Å². The van der Waals surface area contributed by atoms with E-state index < -0.39 is 0 Å². The first-order valence-electron chi connectivity index (χ1n) is 4.49. The molecule has 0 saturated heterocycles. The molecule has 74 valence electrons. The number of halogens is 1. The molecule has 0 bridgehead atoms.